The third kappa shape index (κ3) is 5.08. The molecule has 5 aromatic rings. The van der Waals surface area contributed by atoms with E-state index in [9.17, 15) is 14.4 Å². The number of aromatic amines is 1. The van der Waals surface area contributed by atoms with Crippen molar-refractivity contribution in [2.24, 2.45) is 0 Å². The molecule has 0 spiro atoms. The first kappa shape index (κ1) is 26.1. The molecule has 0 bridgehead atoms. The maximum Gasteiger partial charge on any atom is 0.339 e. The summed E-state index contributed by atoms with van der Waals surface area (Å²) in [6.07, 6.45) is 11.7. The Morgan fingerprint density at radius 2 is 1.49 bits per heavy atom. The van der Waals surface area contributed by atoms with Crippen LogP contribution in [0.25, 0.3) is 33.9 Å². The van der Waals surface area contributed by atoms with E-state index in [1.54, 1.807) is 24.8 Å². The summed E-state index contributed by atoms with van der Waals surface area (Å²) in [5.41, 5.74) is 10.5. The molecule has 6 heterocycles. The molecule has 0 atom stereocenters. The van der Waals surface area contributed by atoms with Gasteiger partial charge in [-0.15, -0.1) is 0 Å². The zero-order valence-corrected chi connectivity index (χ0v) is 22.9. The molecule has 2 amide bonds. The Balaban J connectivity index is 0.000000160. The van der Waals surface area contributed by atoms with Crippen molar-refractivity contribution in [2.75, 3.05) is 17.2 Å². The van der Waals surface area contributed by atoms with E-state index in [-0.39, 0.29) is 17.8 Å². The lowest BCUT2D eigenvalue weighted by Gasteiger charge is -2.12. The molecule has 9 nitrogen and oxygen atoms in total. The number of pyridine rings is 2. The minimum atomic E-state index is -0.325. The topological polar surface area (TPSA) is 126 Å². The summed E-state index contributed by atoms with van der Waals surface area (Å²) in [5.74, 6) is -0.414. The standard InChI is InChI=1S/C21H15N3O3.C13H10N2O/c25-20-16(9-18-15-5-7-27-21(26)17(15)11-23-18)14-4-3-12(8-19(14)24-20)13-2-1-6-22-10-13;16-13-7-10-4-3-9(6-12(10)15-13)11-2-1-5-14-8-11/h1-4,6,8-11,23H,5,7H2,(H,24,25);1-6,8H,7H2,(H,15,16). The summed E-state index contributed by atoms with van der Waals surface area (Å²) in [5, 5.41) is 5.77. The smallest absolute Gasteiger partial charge is 0.339 e. The number of aromatic nitrogens is 3. The molecule has 0 fully saturated rings. The van der Waals surface area contributed by atoms with Crippen molar-refractivity contribution in [2.45, 2.75) is 12.8 Å². The van der Waals surface area contributed by atoms with Gasteiger partial charge in [0.05, 0.1) is 24.2 Å². The number of carbonyl (C=O) groups excluding carboxylic acids is 3. The number of anilines is 2. The quantitative estimate of drug-likeness (QED) is 0.195. The third-order valence-electron chi connectivity index (χ3n) is 7.64. The second-order valence-corrected chi connectivity index (χ2v) is 10.3. The van der Waals surface area contributed by atoms with Crippen LogP contribution in [0, 0.1) is 0 Å². The van der Waals surface area contributed by atoms with Crippen LogP contribution in [0.2, 0.25) is 0 Å². The van der Waals surface area contributed by atoms with Crippen molar-refractivity contribution >= 4 is 40.8 Å². The molecule has 9 heteroatoms. The van der Waals surface area contributed by atoms with Gasteiger partial charge in [0, 0.05) is 71.2 Å². The lowest BCUT2D eigenvalue weighted by Crippen LogP contribution is -2.16. The van der Waals surface area contributed by atoms with E-state index >= 15 is 0 Å². The van der Waals surface area contributed by atoms with Crippen LogP contribution in [0.15, 0.2) is 91.6 Å². The maximum absolute atomic E-state index is 12.5. The number of esters is 1. The molecule has 3 aromatic heterocycles. The highest BCUT2D eigenvalue weighted by atomic mass is 16.5. The van der Waals surface area contributed by atoms with E-state index in [0.29, 0.717) is 30.6 Å². The Morgan fingerprint density at radius 1 is 0.767 bits per heavy atom. The SMILES string of the molecule is O=C1Cc2ccc(-c3cccnc3)cc2N1.O=C1Nc2cc(-c3cccnc3)ccc2C1=Cc1[nH]cc2c1CCOC2=O. The number of fused-ring (bicyclic) bond motifs is 3. The first-order valence-corrected chi connectivity index (χ1v) is 13.8. The summed E-state index contributed by atoms with van der Waals surface area (Å²) in [6, 6.07) is 19.6. The molecule has 43 heavy (non-hydrogen) atoms. The number of rotatable bonds is 3. The Kier molecular flexibility index (Phi) is 6.59. The van der Waals surface area contributed by atoms with Gasteiger partial charge in [-0.1, -0.05) is 36.4 Å². The van der Waals surface area contributed by atoms with Gasteiger partial charge in [-0.25, -0.2) is 4.79 Å². The summed E-state index contributed by atoms with van der Waals surface area (Å²) in [7, 11) is 0. The molecule has 3 aliphatic rings. The lowest BCUT2D eigenvalue weighted by molar-refractivity contribution is -0.115. The van der Waals surface area contributed by atoms with Crippen LogP contribution in [-0.2, 0) is 27.2 Å². The molecule has 0 radical (unpaired) electrons. The highest BCUT2D eigenvalue weighted by Crippen LogP contribution is 2.37. The number of hydrogen-bond donors (Lipinski definition) is 3. The zero-order valence-electron chi connectivity index (χ0n) is 22.9. The van der Waals surface area contributed by atoms with Crippen molar-refractivity contribution in [3.05, 3.63) is 120 Å². The zero-order chi connectivity index (χ0) is 29.3. The van der Waals surface area contributed by atoms with Gasteiger partial charge >= 0.3 is 5.97 Å². The predicted octanol–water partition coefficient (Wildman–Crippen LogP) is 5.53. The summed E-state index contributed by atoms with van der Waals surface area (Å²) in [4.78, 5) is 46.9. The van der Waals surface area contributed by atoms with Gasteiger partial charge in [0.2, 0.25) is 5.91 Å². The van der Waals surface area contributed by atoms with Gasteiger partial charge in [0.15, 0.2) is 0 Å². The highest BCUT2D eigenvalue weighted by molar-refractivity contribution is 6.35. The molecule has 2 aromatic carbocycles. The molecular formula is C34H25N5O4. The average molecular weight is 568 g/mol. The first-order valence-electron chi connectivity index (χ1n) is 13.8. The number of ether oxygens (including phenoxy) is 1. The van der Waals surface area contributed by atoms with E-state index in [1.807, 2.05) is 72.9 Å². The van der Waals surface area contributed by atoms with E-state index in [4.69, 9.17) is 4.74 Å². The number of carbonyl (C=O) groups is 3. The molecule has 210 valence electrons. The molecular weight excluding hydrogens is 542 g/mol. The van der Waals surface area contributed by atoms with Crippen LogP contribution >= 0.6 is 0 Å². The predicted molar refractivity (Wildman–Crippen MR) is 163 cm³/mol. The van der Waals surface area contributed by atoms with E-state index in [2.05, 4.69) is 25.6 Å². The minimum Gasteiger partial charge on any atom is -0.462 e. The molecule has 0 saturated carbocycles. The highest BCUT2D eigenvalue weighted by Gasteiger charge is 2.27. The van der Waals surface area contributed by atoms with Crippen LogP contribution in [0.3, 0.4) is 0 Å². The fourth-order valence-corrected chi connectivity index (χ4v) is 5.50. The van der Waals surface area contributed by atoms with Gasteiger partial charge in [-0.05, 0) is 52.6 Å². The fraction of sp³-hybridized carbons (Fsp3) is 0.0882. The van der Waals surface area contributed by atoms with Crippen molar-refractivity contribution in [3.63, 3.8) is 0 Å². The van der Waals surface area contributed by atoms with E-state index in [1.165, 1.54) is 0 Å². The van der Waals surface area contributed by atoms with Crippen molar-refractivity contribution in [3.8, 4) is 22.3 Å². The molecule has 0 saturated heterocycles. The fourth-order valence-electron chi connectivity index (χ4n) is 5.50. The molecule has 0 unspecified atom stereocenters. The largest absolute Gasteiger partial charge is 0.462 e. The van der Waals surface area contributed by atoms with Crippen LogP contribution < -0.4 is 10.6 Å². The normalized spacial score (nSPS) is 15.4. The van der Waals surface area contributed by atoms with Gasteiger partial charge in [0.25, 0.3) is 5.91 Å². The van der Waals surface area contributed by atoms with Crippen molar-refractivity contribution in [1.82, 2.24) is 15.0 Å². The Hall–Kier alpha value is -5.83. The van der Waals surface area contributed by atoms with Crippen LogP contribution in [-0.4, -0.2) is 39.3 Å². The lowest BCUT2D eigenvalue weighted by atomic mass is 9.99. The number of nitrogens with zero attached hydrogens (tertiary/aromatic N) is 2. The number of H-pyrrole nitrogens is 1. The third-order valence-corrected chi connectivity index (χ3v) is 7.64. The van der Waals surface area contributed by atoms with Gasteiger partial charge in [0.1, 0.15) is 0 Å². The number of benzene rings is 2. The first-order chi connectivity index (χ1) is 21.0. The van der Waals surface area contributed by atoms with Crippen LogP contribution in [0.4, 0.5) is 11.4 Å². The Bertz CT molecular complexity index is 1930. The van der Waals surface area contributed by atoms with Gasteiger partial charge < -0.3 is 20.4 Å². The number of cyclic esters (lactones) is 1. The second-order valence-electron chi connectivity index (χ2n) is 10.3. The van der Waals surface area contributed by atoms with Crippen LogP contribution in [0.1, 0.15) is 32.7 Å². The van der Waals surface area contributed by atoms with Crippen molar-refractivity contribution < 1.29 is 19.1 Å². The van der Waals surface area contributed by atoms with E-state index in [0.717, 1.165) is 56.0 Å². The van der Waals surface area contributed by atoms with Crippen LogP contribution in [0.5, 0.6) is 0 Å². The van der Waals surface area contributed by atoms with Gasteiger partial charge in [-0.2, -0.15) is 0 Å². The molecule has 8 rings (SSSR count). The van der Waals surface area contributed by atoms with E-state index < -0.39 is 0 Å². The average Bonchev–Trinajstić information content (AvgIpc) is 3.72. The molecule has 3 aliphatic heterocycles. The minimum absolute atomic E-state index is 0.0679. The second kappa shape index (κ2) is 10.9. The monoisotopic (exact) mass is 567 g/mol. The summed E-state index contributed by atoms with van der Waals surface area (Å²) >= 11 is 0. The summed E-state index contributed by atoms with van der Waals surface area (Å²) < 4.78 is 5.06. The number of amides is 2. The molecule has 0 aliphatic carbocycles. The number of nitrogens with one attached hydrogen (secondary N) is 3. The maximum atomic E-state index is 12.5. The molecule has 3 N–H and O–H groups in total. The van der Waals surface area contributed by atoms with Gasteiger partial charge in [-0.3, -0.25) is 19.6 Å². The Morgan fingerprint density at radius 3 is 2.21 bits per heavy atom. The number of hydrogen-bond acceptors (Lipinski definition) is 6. The summed E-state index contributed by atoms with van der Waals surface area (Å²) in [6.45, 7) is 0.358. The van der Waals surface area contributed by atoms with Crippen molar-refractivity contribution in [1.29, 1.82) is 0 Å². The Labute approximate surface area is 246 Å².